The highest BCUT2D eigenvalue weighted by Gasteiger charge is 2.31. The van der Waals surface area contributed by atoms with Crippen LogP contribution in [-0.2, 0) is 4.79 Å². The number of amides is 1. The maximum atomic E-state index is 12.1. The van der Waals surface area contributed by atoms with Crippen LogP contribution in [0.3, 0.4) is 0 Å². The van der Waals surface area contributed by atoms with Crippen molar-refractivity contribution in [2.45, 2.75) is 44.6 Å². The molecular formula is C14H25ClN2O. The molecule has 0 atom stereocenters. The van der Waals surface area contributed by atoms with E-state index in [2.05, 4.69) is 11.9 Å². The lowest BCUT2D eigenvalue weighted by atomic mass is 9.93. The predicted molar refractivity (Wildman–Crippen MR) is 77.0 cm³/mol. The van der Waals surface area contributed by atoms with Gasteiger partial charge in [0.2, 0.25) is 5.91 Å². The number of nitrogens with zero attached hydrogens (tertiary/aromatic N) is 1. The highest BCUT2D eigenvalue weighted by Crippen LogP contribution is 2.28. The highest BCUT2D eigenvalue weighted by atomic mass is 35.5. The first-order valence-corrected chi connectivity index (χ1v) is 6.92. The SMILES string of the molecule is C=CCN(C(=O)CCC1CCNCC1)C1CC1.Cl. The maximum absolute atomic E-state index is 12.1. The molecule has 0 aromatic carbocycles. The molecule has 0 unspecified atom stereocenters. The summed E-state index contributed by atoms with van der Waals surface area (Å²) in [7, 11) is 0. The summed E-state index contributed by atoms with van der Waals surface area (Å²) in [6.45, 7) is 6.72. The number of hydrogen-bond acceptors (Lipinski definition) is 2. The monoisotopic (exact) mass is 272 g/mol. The van der Waals surface area contributed by atoms with Crippen LogP contribution in [0.4, 0.5) is 0 Å². The lowest BCUT2D eigenvalue weighted by Crippen LogP contribution is -2.34. The van der Waals surface area contributed by atoms with Crippen LogP contribution in [0.25, 0.3) is 0 Å². The Balaban J connectivity index is 0.00000162. The Bertz CT molecular complexity index is 273. The zero-order valence-electron chi connectivity index (χ0n) is 11.1. The fourth-order valence-corrected chi connectivity index (χ4v) is 2.62. The Kier molecular flexibility index (Phi) is 6.72. The van der Waals surface area contributed by atoms with Crippen molar-refractivity contribution in [2.24, 2.45) is 5.92 Å². The molecule has 104 valence electrons. The second-order valence-electron chi connectivity index (χ2n) is 5.30. The maximum Gasteiger partial charge on any atom is 0.223 e. The van der Waals surface area contributed by atoms with E-state index in [-0.39, 0.29) is 12.4 Å². The minimum Gasteiger partial charge on any atom is -0.336 e. The van der Waals surface area contributed by atoms with E-state index in [4.69, 9.17) is 0 Å². The molecule has 1 aliphatic heterocycles. The van der Waals surface area contributed by atoms with Crippen LogP contribution >= 0.6 is 12.4 Å². The number of carbonyl (C=O) groups is 1. The fourth-order valence-electron chi connectivity index (χ4n) is 2.62. The molecule has 1 amide bonds. The number of piperidine rings is 1. The number of hydrogen-bond donors (Lipinski definition) is 1. The van der Waals surface area contributed by atoms with Gasteiger partial charge in [-0.15, -0.1) is 19.0 Å². The van der Waals surface area contributed by atoms with Crippen LogP contribution in [0.1, 0.15) is 38.5 Å². The van der Waals surface area contributed by atoms with E-state index in [0.717, 1.165) is 38.4 Å². The molecule has 1 heterocycles. The molecule has 2 rings (SSSR count). The molecule has 0 radical (unpaired) electrons. The molecule has 18 heavy (non-hydrogen) atoms. The number of halogens is 1. The van der Waals surface area contributed by atoms with E-state index in [1.165, 1.54) is 25.7 Å². The summed E-state index contributed by atoms with van der Waals surface area (Å²) >= 11 is 0. The standard InChI is InChI=1S/C14H24N2O.ClH/c1-2-11-16(13-4-5-13)14(17)6-3-12-7-9-15-10-8-12;/h2,12-13,15H,1,3-11H2;1H. The molecular weight excluding hydrogens is 248 g/mol. The third-order valence-corrected chi connectivity index (χ3v) is 3.86. The van der Waals surface area contributed by atoms with E-state index in [1.807, 2.05) is 11.0 Å². The first-order valence-electron chi connectivity index (χ1n) is 6.92. The summed E-state index contributed by atoms with van der Waals surface area (Å²) in [5, 5.41) is 3.37. The van der Waals surface area contributed by atoms with Crippen LogP contribution in [0.2, 0.25) is 0 Å². The number of rotatable bonds is 6. The van der Waals surface area contributed by atoms with E-state index in [0.29, 0.717) is 11.9 Å². The summed E-state index contributed by atoms with van der Waals surface area (Å²) in [6, 6.07) is 0.522. The second kappa shape index (κ2) is 7.80. The van der Waals surface area contributed by atoms with Gasteiger partial charge >= 0.3 is 0 Å². The van der Waals surface area contributed by atoms with Crippen molar-refractivity contribution in [1.82, 2.24) is 10.2 Å². The Labute approximate surface area is 116 Å². The van der Waals surface area contributed by atoms with Crippen molar-refractivity contribution in [3.63, 3.8) is 0 Å². The van der Waals surface area contributed by atoms with Crippen LogP contribution in [-0.4, -0.2) is 36.5 Å². The topological polar surface area (TPSA) is 32.3 Å². The average Bonchev–Trinajstić information content (AvgIpc) is 3.18. The summed E-state index contributed by atoms with van der Waals surface area (Å²) in [5.41, 5.74) is 0. The van der Waals surface area contributed by atoms with Gasteiger partial charge in [0.25, 0.3) is 0 Å². The van der Waals surface area contributed by atoms with Gasteiger partial charge in [0, 0.05) is 19.0 Å². The molecule has 0 spiro atoms. The van der Waals surface area contributed by atoms with Gasteiger partial charge in [-0.1, -0.05) is 6.08 Å². The molecule has 2 aliphatic rings. The third-order valence-electron chi connectivity index (χ3n) is 3.86. The smallest absolute Gasteiger partial charge is 0.223 e. The highest BCUT2D eigenvalue weighted by molar-refractivity contribution is 5.85. The van der Waals surface area contributed by atoms with Gasteiger partial charge < -0.3 is 10.2 Å². The van der Waals surface area contributed by atoms with Gasteiger partial charge in [0.15, 0.2) is 0 Å². The normalized spacial score (nSPS) is 20.0. The molecule has 0 bridgehead atoms. The molecule has 2 fully saturated rings. The van der Waals surface area contributed by atoms with Gasteiger partial charge in [-0.25, -0.2) is 0 Å². The van der Waals surface area contributed by atoms with Crippen LogP contribution < -0.4 is 5.32 Å². The van der Waals surface area contributed by atoms with E-state index in [1.54, 1.807) is 0 Å². The molecule has 1 saturated heterocycles. The first kappa shape index (κ1) is 15.5. The second-order valence-corrected chi connectivity index (χ2v) is 5.30. The summed E-state index contributed by atoms with van der Waals surface area (Å²) in [4.78, 5) is 14.1. The van der Waals surface area contributed by atoms with Gasteiger partial charge in [-0.05, 0) is 51.1 Å². The quantitative estimate of drug-likeness (QED) is 0.753. The lowest BCUT2D eigenvalue weighted by molar-refractivity contribution is -0.131. The Hall–Kier alpha value is -0.540. The number of nitrogens with one attached hydrogen (secondary N) is 1. The third kappa shape index (κ3) is 4.62. The minimum absolute atomic E-state index is 0. The molecule has 0 aromatic heterocycles. The van der Waals surface area contributed by atoms with Crippen molar-refractivity contribution in [3.8, 4) is 0 Å². The Morgan fingerprint density at radius 1 is 1.28 bits per heavy atom. The van der Waals surface area contributed by atoms with Crippen LogP contribution in [0.5, 0.6) is 0 Å². The van der Waals surface area contributed by atoms with Crippen molar-refractivity contribution >= 4 is 18.3 Å². The minimum atomic E-state index is 0. The average molecular weight is 273 g/mol. The van der Waals surface area contributed by atoms with Crippen molar-refractivity contribution in [3.05, 3.63) is 12.7 Å². The molecule has 4 heteroatoms. The largest absolute Gasteiger partial charge is 0.336 e. The zero-order valence-corrected chi connectivity index (χ0v) is 11.9. The van der Waals surface area contributed by atoms with Gasteiger partial charge in [0.1, 0.15) is 0 Å². The van der Waals surface area contributed by atoms with Gasteiger partial charge in [0.05, 0.1) is 0 Å². The molecule has 0 aromatic rings. The van der Waals surface area contributed by atoms with Crippen molar-refractivity contribution in [1.29, 1.82) is 0 Å². The Morgan fingerprint density at radius 3 is 2.50 bits per heavy atom. The summed E-state index contributed by atoms with van der Waals surface area (Å²) in [5.74, 6) is 1.09. The first-order chi connectivity index (χ1) is 8.31. The van der Waals surface area contributed by atoms with E-state index < -0.39 is 0 Å². The Morgan fingerprint density at radius 2 is 1.94 bits per heavy atom. The summed E-state index contributed by atoms with van der Waals surface area (Å²) < 4.78 is 0. The van der Waals surface area contributed by atoms with Gasteiger partial charge in [-0.2, -0.15) is 0 Å². The molecule has 1 saturated carbocycles. The van der Waals surface area contributed by atoms with Gasteiger partial charge in [-0.3, -0.25) is 4.79 Å². The van der Waals surface area contributed by atoms with Crippen molar-refractivity contribution in [2.75, 3.05) is 19.6 Å². The van der Waals surface area contributed by atoms with E-state index in [9.17, 15) is 4.79 Å². The predicted octanol–water partition coefficient (Wildman–Crippen LogP) is 2.37. The number of carbonyl (C=O) groups excluding carboxylic acids is 1. The lowest BCUT2D eigenvalue weighted by Gasteiger charge is -2.25. The van der Waals surface area contributed by atoms with Crippen LogP contribution in [0.15, 0.2) is 12.7 Å². The molecule has 3 nitrogen and oxygen atoms in total. The molecule has 1 aliphatic carbocycles. The van der Waals surface area contributed by atoms with Crippen LogP contribution in [0, 0.1) is 5.92 Å². The van der Waals surface area contributed by atoms with Crippen molar-refractivity contribution < 1.29 is 4.79 Å². The van der Waals surface area contributed by atoms with E-state index >= 15 is 0 Å². The molecule has 1 N–H and O–H groups in total. The fraction of sp³-hybridized carbons (Fsp3) is 0.786. The zero-order chi connectivity index (χ0) is 12.1. The summed E-state index contributed by atoms with van der Waals surface area (Å²) in [6.07, 6.45) is 8.49.